The molecule has 0 bridgehead atoms. The van der Waals surface area contributed by atoms with Crippen LogP contribution < -0.4 is 5.48 Å². The monoisotopic (exact) mass is 128 g/mol. The van der Waals surface area contributed by atoms with Crippen molar-refractivity contribution < 1.29 is 9.68 Å². The number of rotatable bonds is 1. The fraction of sp³-hybridized carbons (Fsp3) is 0.400. The Morgan fingerprint density at radius 2 is 2.78 bits per heavy atom. The van der Waals surface area contributed by atoms with Crippen LogP contribution in [-0.2, 0) is 9.68 Å². The minimum absolute atomic E-state index is 0.572. The zero-order valence-electron chi connectivity index (χ0n) is 5.13. The summed E-state index contributed by atoms with van der Waals surface area (Å²) in [7, 11) is 1.48. The SMILES string of the molecule is CON=C1C=CCON1. The molecule has 9 heavy (non-hydrogen) atoms. The highest BCUT2D eigenvalue weighted by atomic mass is 16.7. The number of nitrogens with zero attached hydrogens (tertiary/aromatic N) is 1. The largest absolute Gasteiger partial charge is 0.397 e. The van der Waals surface area contributed by atoms with Crippen molar-refractivity contribution in [1.29, 1.82) is 0 Å². The van der Waals surface area contributed by atoms with Crippen LogP contribution >= 0.6 is 0 Å². The third kappa shape index (κ3) is 1.73. The van der Waals surface area contributed by atoms with Crippen LogP contribution in [0.5, 0.6) is 0 Å². The summed E-state index contributed by atoms with van der Waals surface area (Å²) in [5.74, 6) is 0.587. The summed E-state index contributed by atoms with van der Waals surface area (Å²) >= 11 is 0. The molecule has 0 amide bonds. The van der Waals surface area contributed by atoms with Gasteiger partial charge in [-0.25, -0.2) is 5.48 Å². The smallest absolute Gasteiger partial charge is 0.188 e. The Hall–Kier alpha value is -1.03. The minimum Gasteiger partial charge on any atom is -0.397 e. The van der Waals surface area contributed by atoms with Crippen LogP contribution in [0.2, 0.25) is 0 Å². The molecule has 0 saturated carbocycles. The Morgan fingerprint density at radius 3 is 3.33 bits per heavy atom. The van der Waals surface area contributed by atoms with Gasteiger partial charge in [0.25, 0.3) is 0 Å². The van der Waals surface area contributed by atoms with Crippen molar-refractivity contribution >= 4 is 5.84 Å². The molecule has 1 N–H and O–H groups in total. The normalized spacial score (nSPS) is 21.7. The number of amidine groups is 1. The molecule has 0 spiro atoms. The number of hydroxylamine groups is 1. The van der Waals surface area contributed by atoms with Gasteiger partial charge >= 0.3 is 0 Å². The number of hydrogen-bond donors (Lipinski definition) is 1. The Labute approximate surface area is 53.1 Å². The second-order valence-corrected chi connectivity index (χ2v) is 1.47. The van der Waals surface area contributed by atoms with Gasteiger partial charge in [-0.2, -0.15) is 0 Å². The zero-order valence-corrected chi connectivity index (χ0v) is 5.13. The maximum Gasteiger partial charge on any atom is 0.188 e. The van der Waals surface area contributed by atoms with Crippen molar-refractivity contribution in [2.45, 2.75) is 0 Å². The Morgan fingerprint density at radius 1 is 1.89 bits per heavy atom. The molecule has 0 fully saturated rings. The highest BCUT2D eigenvalue weighted by Gasteiger charge is 1.96. The van der Waals surface area contributed by atoms with Crippen molar-refractivity contribution in [3.8, 4) is 0 Å². The van der Waals surface area contributed by atoms with Gasteiger partial charge in [-0.15, -0.1) is 0 Å². The van der Waals surface area contributed by atoms with Crippen LogP contribution in [-0.4, -0.2) is 19.6 Å². The topological polar surface area (TPSA) is 42.9 Å². The quantitative estimate of drug-likeness (QED) is 0.507. The van der Waals surface area contributed by atoms with Crippen LogP contribution in [0.1, 0.15) is 0 Å². The van der Waals surface area contributed by atoms with E-state index in [4.69, 9.17) is 4.84 Å². The molecule has 0 aromatic heterocycles. The summed E-state index contributed by atoms with van der Waals surface area (Å²) in [6, 6.07) is 0. The Balaban J connectivity index is 2.49. The molecule has 4 heteroatoms. The van der Waals surface area contributed by atoms with E-state index in [2.05, 4.69) is 15.5 Å². The molecule has 0 aliphatic carbocycles. The molecule has 0 unspecified atom stereocenters. The summed E-state index contributed by atoms with van der Waals surface area (Å²) in [6.45, 7) is 0.572. The fourth-order valence-corrected chi connectivity index (χ4v) is 0.505. The predicted molar refractivity (Wildman–Crippen MR) is 32.7 cm³/mol. The van der Waals surface area contributed by atoms with Crippen molar-refractivity contribution in [2.75, 3.05) is 13.7 Å². The van der Waals surface area contributed by atoms with E-state index in [1.54, 1.807) is 6.08 Å². The lowest BCUT2D eigenvalue weighted by Crippen LogP contribution is -2.25. The highest BCUT2D eigenvalue weighted by Crippen LogP contribution is 1.86. The fourth-order valence-electron chi connectivity index (χ4n) is 0.505. The molecular weight excluding hydrogens is 120 g/mol. The minimum atomic E-state index is 0.572. The Bertz CT molecular complexity index is 142. The average Bonchev–Trinajstić information content (AvgIpc) is 1.91. The Kier molecular flexibility index (Phi) is 2.09. The van der Waals surface area contributed by atoms with Crippen molar-refractivity contribution in [1.82, 2.24) is 5.48 Å². The summed E-state index contributed by atoms with van der Waals surface area (Å²) < 4.78 is 0. The van der Waals surface area contributed by atoms with Gasteiger partial charge in [0.2, 0.25) is 0 Å². The molecule has 0 aromatic rings. The lowest BCUT2D eigenvalue weighted by atomic mass is 10.5. The highest BCUT2D eigenvalue weighted by molar-refractivity contribution is 5.92. The maximum atomic E-state index is 4.79. The van der Waals surface area contributed by atoms with Crippen LogP contribution in [0.4, 0.5) is 0 Å². The number of oxime groups is 1. The van der Waals surface area contributed by atoms with Crippen LogP contribution in [0.25, 0.3) is 0 Å². The van der Waals surface area contributed by atoms with E-state index in [0.717, 1.165) is 0 Å². The van der Waals surface area contributed by atoms with E-state index < -0.39 is 0 Å². The van der Waals surface area contributed by atoms with Gasteiger partial charge in [-0.3, -0.25) is 4.84 Å². The maximum absolute atomic E-state index is 4.79. The first-order valence-electron chi connectivity index (χ1n) is 2.59. The predicted octanol–water partition coefficient (Wildman–Crippen LogP) is 0.0373. The van der Waals surface area contributed by atoms with Gasteiger partial charge in [0.1, 0.15) is 7.11 Å². The van der Waals surface area contributed by atoms with Gasteiger partial charge in [-0.05, 0) is 6.08 Å². The van der Waals surface area contributed by atoms with Crippen LogP contribution in [0.15, 0.2) is 17.3 Å². The van der Waals surface area contributed by atoms with Gasteiger partial charge in [0, 0.05) is 0 Å². The van der Waals surface area contributed by atoms with E-state index in [0.29, 0.717) is 12.4 Å². The van der Waals surface area contributed by atoms with Crippen molar-refractivity contribution in [3.05, 3.63) is 12.2 Å². The van der Waals surface area contributed by atoms with Gasteiger partial charge in [-0.1, -0.05) is 11.2 Å². The van der Waals surface area contributed by atoms with Gasteiger partial charge < -0.3 is 4.84 Å². The van der Waals surface area contributed by atoms with E-state index in [1.807, 2.05) is 6.08 Å². The third-order valence-electron chi connectivity index (χ3n) is 0.822. The second-order valence-electron chi connectivity index (χ2n) is 1.47. The first-order chi connectivity index (χ1) is 4.43. The van der Waals surface area contributed by atoms with Crippen molar-refractivity contribution in [2.24, 2.45) is 5.16 Å². The van der Waals surface area contributed by atoms with Crippen molar-refractivity contribution in [3.63, 3.8) is 0 Å². The van der Waals surface area contributed by atoms with Gasteiger partial charge in [0.15, 0.2) is 5.84 Å². The third-order valence-corrected chi connectivity index (χ3v) is 0.822. The molecule has 4 nitrogen and oxygen atoms in total. The van der Waals surface area contributed by atoms with Crippen LogP contribution in [0.3, 0.4) is 0 Å². The molecule has 0 aromatic carbocycles. The molecule has 50 valence electrons. The van der Waals surface area contributed by atoms with E-state index >= 15 is 0 Å². The van der Waals surface area contributed by atoms with Crippen LogP contribution in [0, 0.1) is 0 Å². The molecule has 1 aliphatic heterocycles. The molecule has 0 saturated heterocycles. The number of hydrogen-bond acceptors (Lipinski definition) is 3. The molecular formula is C5H8N2O2. The molecule has 0 atom stereocenters. The molecule has 1 rings (SSSR count). The zero-order chi connectivity index (χ0) is 6.53. The second kappa shape index (κ2) is 3.09. The summed E-state index contributed by atoms with van der Waals surface area (Å²) in [5.41, 5.74) is 2.56. The molecule has 1 heterocycles. The lowest BCUT2D eigenvalue weighted by Gasteiger charge is -2.07. The molecule has 1 aliphatic rings. The van der Waals surface area contributed by atoms with Gasteiger partial charge in [0.05, 0.1) is 6.61 Å². The lowest BCUT2D eigenvalue weighted by molar-refractivity contribution is 0.100. The first-order valence-corrected chi connectivity index (χ1v) is 2.59. The first kappa shape index (κ1) is 6.10. The van der Waals surface area contributed by atoms with E-state index in [1.165, 1.54) is 7.11 Å². The average molecular weight is 128 g/mol. The van der Waals surface area contributed by atoms with E-state index in [9.17, 15) is 0 Å². The molecule has 0 radical (unpaired) electrons. The standard InChI is InChI=1S/C5H8N2O2/c1-8-6-5-3-2-4-9-7-5/h2-3H,4H2,1H3,(H,6,7). The summed E-state index contributed by atoms with van der Waals surface area (Å²) in [4.78, 5) is 9.26. The summed E-state index contributed by atoms with van der Waals surface area (Å²) in [5, 5.41) is 3.58. The van der Waals surface area contributed by atoms with E-state index in [-0.39, 0.29) is 0 Å². The number of nitrogens with one attached hydrogen (secondary N) is 1. The summed E-state index contributed by atoms with van der Waals surface area (Å²) in [6.07, 6.45) is 3.63.